The van der Waals surface area contributed by atoms with E-state index in [9.17, 15) is 9.59 Å². The summed E-state index contributed by atoms with van der Waals surface area (Å²) in [5.41, 5.74) is 0.919. The van der Waals surface area contributed by atoms with Crippen LogP contribution in [0.1, 0.15) is 41.0 Å². The number of benzene rings is 1. The number of carbonyl (C=O) groups is 2. The van der Waals surface area contributed by atoms with Gasteiger partial charge in [0.05, 0.1) is 18.0 Å². The lowest BCUT2D eigenvalue weighted by Crippen LogP contribution is -2.27. The summed E-state index contributed by atoms with van der Waals surface area (Å²) in [5.74, 6) is 0.614. The summed E-state index contributed by atoms with van der Waals surface area (Å²) in [6.07, 6.45) is 0.418. The Morgan fingerprint density at radius 3 is 2.64 bits per heavy atom. The highest BCUT2D eigenvalue weighted by molar-refractivity contribution is 7.12. The molecule has 2 rings (SSSR count). The number of thiophene rings is 1. The van der Waals surface area contributed by atoms with Gasteiger partial charge in [0.15, 0.2) is 5.78 Å². The molecule has 2 aromatic rings. The van der Waals surface area contributed by atoms with Crippen LogP contribution in [0.3, 0.4) is 0 Å². The number of nitrogens with one attached hydrogen (secondary N) is 1. The van der Waals surface area contributed by atoms with Gasteiger partial charge in [-0.2, -0.15) is 0 Å². The smallest absolute Gasteiger partial charge is 0.220 e. The van der Waals surface area contributed by atoms with Crippen molar-refractivity contribution in [1.29, 1.82) is 0 Å². The molecule has 4 nitrogen and oxygen atoms in total. The molecule has 0 spiro atoms. The minimum Gasteiger partial charge on any atom is -0.496 e. The van der Waals surface area contributed by atoms with E-state index in [1.807, 2.05) is 42.6 Å². The highest BCUT2D eigenvalue weighted by Gasteiger charge is 2.15. The minimum atomic E-state index is -0.166. The van der Waals surface area contributed by atoms with Gasteiger partial charge in [-0.3, -0.25) is 9.59 Å². The molecule has 5 heteroatoms. The van der Waals surface area contributed by atoms with Crippen LogP contribution >= 0.6 is 11.3 Å². The summed E-state index contributed by atoms with van der Waals surface area (Å²) in [6.45, 7) is 1.90. The van der Waals surface area contributed by atoms with Gasteiger partial charge in [-0.05, 0) is 24.4 Å². The molecule has 0 aliphatic heterocycles. The predicted octanol–water partition coefficient (Wildman–Crippen LogP) is 3.60. The van der Waals surface area contributed by atoms with Crippen molar-refractivity contribution < 1.29 is 14.3 Å². The Morgan fingerprint density at radius 1 is 1.18 bits per heavy atom. The molecule has 22 heavy (non-hydrogen) atoms. The fourth-order valence-corrected chi connectivity index (χ4v) is 2.90. The molecule has 1 unspecified atom stereocenters. The SMILES string of the molecule is COc1ccccc1C(C)NC(=O)CCC(=O)c1cccs1. The molecular formula is C17H19NO3S. The van der Waals surface area contributed by atoms with Crippen LogP contribution in [-0.4, -0.2) is 18.8 Å². The summed E-state index contributed by atoms with van der Waals surface area (Å²) in [5, 5.41) is 4.76. The first-order valence-corrected chi connectivity index (χ1v) is 7.98. The fourth-order valence-electron chi connectivity index (χ4n) is 2.20. The fraction of sp³-hybridized carbons (Fsp3) is 0.294. The number of carbonyl (C=O) groups excluding carboxylic acids is 2. The Kier molecular flexibility index (Phi) is 5.72. The van der Waals surface area contributed by atoms with Gasteiger partial charge in [0.25, 0.3) is 0 Å². The molecule has 0 saturated heterocycles. The lowest BCUT2D eigenvalue weighted by molar-refractivity contribution is -0.121. The molecule has 1 N–H and O–H groups in total. The Labute approximate surface area is 134 Å². The normalized spacial score (nSPS) is 11.7. The highest BCUT2D eigenvalue weighted by Crippen LogP contribution is 2.24. The zero-order valence-corrected chi connectivity index (χ0v) is 13.5. The van der Waals surface area contributed by atoms with Crippen molar-refractivity contribution >= 4 is 23.0 Å². The van der Waals surface area contributed by atoms with E-state index in [4.69, 9.17) is 4.74 Å². The summed E-state index contributed by atoms with van der Waals surface area (Å²) in [7, 11) is 1.60. The molecule has 0 radical (unpaired) electrons. The average Bonchev–Trinajstić information content (AvgIpc) is 3.07. The molecule has 116 valence electrons. The number of hydrogen-bond donors (Lipinski definition) is 1. The topological polar surface area (TPSA) is 55.4 Å². The van der Waals surface area contributed by atoms with Crippen LogP contribution in [0.25, 0.3) is 0 Å². The van der Waals surface area contributed by atoms with E-state index in [0.717, 1.165) is 11.3 Å². The first kappa shape index (κ1) is 16.2. The second-order valence-corrected chi connectivity index (χ2v) is 5.88. The van der Waals surface area contributed by atoms with Crippen molar-refractivity contribution in [1.82, 2.24) is 5.32 Å². The summed E-state index contributed by atoms with van der Waals surface area (Å²) in [4.78, 5) is 24.6. The van der Waals surface area contributed by atoms with E-state index in [0.29, 0.717) is 4.88 Å². The van der Waals surface area contributed by atoms with E-state index < -0.39 is 0 Å². The molecule has 1 atom stereocenters. The lowest BCUT2D eigenvalue weighted by atomic mass is 10.1. The Morgan fingerprint density at radius 2 is 1.95 bits per heavy atom. The first-order valence-electron chi connectivity index (χ1n) is 7.10. The Bertz CT molecular complexity index is 637. The van der Waals surface area contributed by atoms with Gasteiger partial charge in [0.1, 0.15) is 5.75 Å². The van der Waals surface area contributed by atoms with Crippen molar-refractivity contribution in [3.63, 3.8) is 0 Å². The molecule has 0 aliphatic rings. The van der Waals surface area contributed by atoms with Crippen molar-refractivity contribution in [3.8, 4) is 5.75 Å². The van der Waals surface area contributed by atoms with Gasteiger partial charge in [0.2, 0.25) is 5.91 Å². The third-order valence-electron chi connectivity index (χ3n) is 3.36. The van der Waals surface area contributed by atoms with Gasteiger partial charge < -0.3 is 10.1 Å². The zero-order chi connectivity index (χ0) is 15.9. The highest BCUT2D eigenvalue weighted by atomic mass is 32.1. The minimum absolute atomic E-state index is 0.00935. The third kappa shape index (κ3) is 4.18. The van der Waals surface area contributed by atoms with Gasteiger partial charge >= 0.3 is 0 Å². The third-order valence-corrected chi connectivity index (χ3v) is 4.27. The molecule has 1 amide bonds. The Balaban J connectivity index is 1.87. The standard InChI is InChI=1S/C17H19NO3S/c1-12(13-6-3-4-7-15(13)21-2)18-17(20)10-9-14(19)16-8-5-11-22-16/h3-8,11-12H,9-10H2,1-2H3,(H,18,20). The molecule has 0 fully saturated rings. The predicted molar refractivity (Wildman–Crippen MR) is 87.4 cm³/mol. The summed E-state index contributed by atoms with van der Waals surface area (Å²) in [6, 6.07) is 11.0. The quantitative estimate of drug-likeness (QED) is 0.794. The number of amides is 1. The number of hydrogen-bond acceptors (Lipinski definition) is 4. The maximum atomic E-state index is 12.0. The van der Waals surface area contributed by atoms with Crippen LogP contribution in [0, 0.1) is 0 Å². The van der Waals surface area contributed by atoms with E-state index in [2.05, 4.69) is 5.32 Å². The van der Waals surface area contributed by atoms with Crippen LogP contribution in [0.2, 0.25) is 0 Å². The number of rotatable bonds is 7. The van der Waals surface area contributed by atoms with Crippen LogP contribution < -0.4 is 10.1 Å². The zero-order valence-electron chi connectivity index (χ0n) is 12.7. The van der Waals surface area contributed by atoms with Crippen molar-refractivity contribution in [2.45, 2.75) is 25.8 Å². The second-order valence-electron chi connectivity index (χ2n) is 4.93. The molecule has 1 aromatic carbocycles. The van der Waals surface area contributed by atoms with E-state index >= 15 is 0 Å². The summed E-state index contributed by atoms with van der Waals surface area (Å²) < 4.78 is 5.29. The molecular weight excluding hydrogens is 298 g/mol. The molecule has 0 bridgehead atoms. The molecule has 0 saturated carbocycles. The van der Waals surface area contributed by atoms with Crippen LogP contribution in [0.4, 0.5) is 0 Å². The van der Waals surface area contributed by atoms with Crippen molar-refractivity contribution in [3.05, 3.63) is 52.2 Å². The monoisotopic (exact) mass is 317 g/mol. The van der Waals surface area contributed by atoms with Gasteiger partial charge in [-0.15, -0.1) is 11.3 Å². The van der Waals surface area contributed by atoms with Crippen molar-refractivity contribution in [2.75, 3.05) is 7.11 Å². The molecule has 1 aromatic heterocycles. The molecule has 0 aliphatic carbocycles. The van der Waals surface area contributed by atoms with Crippen LogP contribution in [-0.2, 0) is 4.79 Å². The molecule has 1 heterocycles. The van der Waals surface area contributed by atoms with Crippen molar-refractivity contribution in [2.24, 2.45) is 0 Å². The number of ether oxygens (including phenoxy) is 1. The van der Waals surface area contributed by atoms with E-state index in [1.165, 1.54) is 11.3 Å². The summed E-state index contributed by atoms with van der Waals surface area (Å²) >= 11 is 1.40. The number of para-hydroxylation sites is 1. The average molecular weight is 317 g/mol. The number of methoxy groups -OCH3 is 1. The number of ketones is 1. The first-order chi connectivity index (χ1) is 10.6. The van der Waals surface area contributed by atoms with Crippen LogP contribution in [0.5, 0.6) is 5.75 Å². The van der Waals surface area contributed by atoms with Crippen LogP contribution in [0.15, 0.2) is 41.8 Å². The van der Waals surface area contributed by atoms with E-state index in [-0.39, 0.29) is 30.6 Å². The van der Waals surface area contributed by atoms with E-state index in [1.54, 1.807) is 13.2 Å². The largest absolute Gasteiger partial charge is 0.496 e. The van der Waals surface area contributed by atoms with Gasteiger partial charge in [-0.1, -0.05) is 24.3 Å². The maximum absolute atomic E-state index is 12.0. The second kappa shape index (κ2) is 7.75. The Hall–Kier alpha value is -2.14. The number of Topliss-reactive ketones (excluding diaryl/α,β-unsaturated/α-hetero) is 1. The lowest BCUT2D eigenvalue weighted by Gasteiger charge is -2.17. The maximum Gasteiger partial charge on any atom is 0.220 e. The van der Waals surface area contributed by atoms with Gasteiger partial charge in [-0.25, -0.2) is 0 Å². The van der Waals surface area contributed by atoms with Gasteiger partial charge in [0, 0.05) is 18.4 Å².